The maximum atomic E-state index is 6.36. The second-order valence-corrected chi connectivity index (χ2v) is 6.51. The number of benzene rings is 1. The van der Waals surface area contributed by atoms with Gasteiger partial charge in [0, 0.05) is 0 Å². The molecule has 0 spiro atoms. The molecule has 0 saturated heterocycles. The predicted molar refractivity (Wildman–Crippen MR) is 93.2 cm³/mol. The largest absolute Gasteiger partial charge is 0.488 e. The van der Waals surface area contributed by atoms with Crippen LogP contribution in [-0.4, -0.2) is 20.9 Å². The molecule has 23 heavy (non-hydrogen) atoms. The van der Waals surface area contributed by atoms with Gasteiger partial charge in [0.1, 0.15) is 18.4 Å². The van der Waals surface area contributed by atoms with E-state index in [-0.39, 0.29) is 6.10 Å². The summed E-state index contributed by atoms with van der Waals surface area (Å²) >= 11 is 12.7. The average Bonchev–Trinajstić information content (AvgIpc) is 2.90. The Balaban J connectivity index is 1.93. The molecule has 6 heteroatoms. The van der Waals surface area contributed by atoms with E-state index in [0.717, 1.165) is 12.8 Å². The molecule has 1 fully saturated rings. The Labute approximate surface area is 146 Å². The Morgan fingerprint density at radius 2 is 1.83 bits per heavy atom. The van der Waals surface area contributed by atoms with Gasteiger partial charge in [-0.25, -0.2) is 9.67 Å². The van der Waals surface area contributed by atoms with Crippen LogP contribution in [0.1, 0.15) is 44.1 Å². The van der Waals surface area contributed by atoms with Crippen LogP contribution in [0.15, 0.2) is 30.9 Å². The lowest BCUT2D eigenvalue weighted by molar-refractivity contribution is 0.151. The quantitative estimate of drug-likeness (QED) is 0.555. The summed E-state index contributed by atoms with van der Waals surface area (Å²) in [6.07, 6.45) is 12.1. The SMILES string of the molecule is Clc1cccc(Cl)c1C(=Cn1cncn1)OC1CCCCCC1. The van der Waals surface area contributed by atoms with Gasteiger partial charge < -0.3 is 4.74 Å². The van der Waals surface area contributed by atoms with E-state index in [4.69, 9.17) is 27.9 Å². The minimum absolute atomic E-state index is 0.180. The van der Waals surface area contributed by atoms with Crippen molar-refractivity contribution >= 4 is 35.2 Å². The lowest BCUT2D eigenvalue weighted by Gasteiger charge is -2.21. The number of nitrogens with zero attached hydrogens (tertiary/aromatic N) is 3. The predicted octanol–water partition coefficient (Wildman–Crippen LogP) is 5.28. The minimum Gasteiger partial charge on any atom is -0.488 e. The van der Waals surface area contributed by atoms with E-state index in [1.165, 1.54) is 32.0 Å². The van der Waals surface area contributed by atoms with Gasteiger partial charge in [-0.15, -0.1) is 0 Å². The number of hydrogen-bond donors (Lipinski definition) is 0. The van der Waals surface area contributed by atoms with Gasteiger partial charge in [0.25, 0.3) is 0 Å². The summed E-state index contributed by atoms with van der Waals surface area (Å²) in [5.74, 6) is 0.637. The smallest absolute Gasteiger partial charge is 0.148 e. The second-order valence-electron chi connectivity index (χ2n) is 5.70. The summed E-state index contributed by atoms with van der Waals surface area (Å²) in [5.41, 5.74) is 0.704. The molecule has 0 atom stereocenters. The first kappa shape index (κ1) is 16.3. The van der Waals surface area contributed by atoms with Crippen molar-refractivity contribution in [1.82, 2.24) is 14.8 Å². The van der Waals surface area contributed by atoms with Crippen LogP contribution in [0.3, 0.4) is 0 Å². The average molecular weight is 352 g/mol. The first-order valence-electron chi connectivity index (χ1n) is 7.91. The lowest BCUT2D eigenvalue weighted by Crippen LogP contribution is -2.12. The normalized spacial score (nSPS) is 17.0. The van der Waals surface area contributed by atoms with Crippen LogP contribution in [-0.2, 0) is 4.74 Å². The summed E-state index contributed by atoms with van der Waals surface area (Å²) in [4.78, 5) is 3.96. The molecule has 3 rings (SSSR count). The molecule has 0 bridgehead atoms. The monoisotopic (exact) mass is 351 g/mol. The standard InChI is InChI=1S/C17H19Cl2N3O/c18-14-8-5-9-15(19)17(14)16(10-22-12-20-11-21-22)23-13-6-3-1-2-4-7-13/h5,8-13H,1-4,6-7H2. The van der Waals surface area contributed by atoms with Gasteiger partial charge >= 0.3 is 0 Å². The Hall–Kier alpha value is -1.52. The van der Waals surface area contributed by atoms with Crippen LogP contribution in [0.25, 0.3) is 12.0 Å². The third-order valence-corrected chi connectivity index (χ3v) is 4.62. The lowest BCUT2D eigenvalue weighted by atomic mass is 10.1. The van der Waals surface area contributed by atoms with Crippen LogP contribution in [0, 0.1) is 0 Å². The Morgan fingerprint density at radius 3 is 2.43 bits per heavy atom. The van der Waals surface area contributed by atoms with E-state index in [0.29, 0.717) is 21.4 Å². The first-order chi connectivity index (χ1) is 11.2. The van der Waals surface area contributed by atoms with Crippen molar-refractivity contribution in [1.29, 1.82) is 0 Å². The fourth-order valence-corrected chi connectivity index (χ4v) is 3.41. The number of aromatic nitrogens is 3. The van der Waals surface area contributed by atoms with E-state index >= 15 is 0 Å². The van der Waals surface area contributed by atoms with Gasteiger partial charge in [-0.2, -0.15) is 5.10 Å². The summed E-state index contributed by atoms with van der Waals surface area (Å²) in [6, 6.07) is 5.45. The zero-order valence-electron chi connectivity index (χ0n) is 12.8. The van der Waals surface area contributed by atoms with Crippen LogP contribution in [0.2, 0.25) is 10.0 Å². The molecule has 122 valence electrons. The fraction of sp³-hybridized carbons (Fsp3) is 0.412. The summed E-state index contributed by atoms with van der Waals surface area (Å²) in [7, 11) is 0. The van der Waals surface area contributed by atoms with E-state index in [2.05, 4.69) is 10.1 Å². The molecule has 0 radical (unpaired) electrons. The van der Waals surface area contributed by atoms with Gasteiger partial charge in [-0.3, -0.25) is 0 Å². The Morgan fingerprint density at radius 1 is 1.13 bits per heavy atom. The molecule has 1 aliphatic carbocycles. The summed E-state index contributed by atoms with van der Waals surface area (Å²) < 4.78 is 7.90. The third-order valence-electron chi connectivity index (χ3n) is 3.99. The summed E-state index contributed by atoms with van der Waals surface area (Å²) in [5, 5.41) is 5.25. The molecule has 4 nitrogen and oxygen atoms in total. The highest BCUT2D eigenvalue weighted by atomic mass is 35.5. The van der Waals surface area contributed by atoms with Crippen LogP contribution in [0.5, 0.6) is 0 Å². The maximum Gasteiger partial charge on any atom is 0.148 e. The van der Waals surface area contributed by atoms with Gasteiger partial charge in [0.2, 0.25) is 0 Å². The van der Waals surface area contributed by atoms with Crippen molar-refractivity contribution in [3.05, 3.63) is 46.5 Å². The van der Waals surface area contributed by atoms with Crippen molar-refractivity contribution in [2.45, 2.75) is 44.6 Å². The number of rotatable bonds is 4. The van der Waals surface area contributed by atoms with Crippen LogP contribution < -0.4 is 0 Å². The molecular formula is C17H19Cl2N3O. The number of halogens is 2. The third kappa shape index (κ3) is 4.27. The van der Waals surface area contributed by atoms with Gasteiger partial charge in [-0.1, -0.05) is 42.1 Å². The molecule has 0 aliphatic heterocycles. The van der Waals surface area contributed by atoms with Crippen molar-refractivity contribution in [3.63, 3.8) is 0 Å². The minimum atomic E-state index is 0.180. The van der Waals surface area contributed by atoms with Crippen molar-refractivity contribution in [3.8, 4) is 0 Å². The van der Waals surface area contributed by atoms with E-state index in [1.807, 2.05) is 18.2 Å². The van der Waals surface area contributed by atoms with E-state index < -0.39 is 0 Å². The molecule has 1 aliphatic rings. The Bertz CT molecular complexity index is 642. The fourth-order valence-electron chi connectivity index (χ4n) is 2.83. The second kappa shape index (κ2) is 7.84. The molecule has 0 unspecified atom stereocenters. The van der Waals surface area contributed by atoms with Crippen LogP contribution >= 0.6 is 23.2 Å². The van der Waals surface area contributed by atoms with E-state index in [9.17, 15) is 0 Å². The zero-order valence-corrected chi connectivity index (χ0v) is 14.3. The highest BCUT2D eigenvalue weighted by Crippen LogP contribution is 2.34. The van der Waals surface area contributed by atoms with Gasteiger partial charge in [0.15, 0.2) is 0 Å². The summed E-state index contributed by atoms with van der Waals surface area (Å²) in [6.45, 7) is 0. The molecule has 1 aromatic carbocycles. The topological polar surface area (TPSA) is 39.9 Å². The first-order valence-corrected chi connectivity index (χ1v) is 8.66. The molecule has 2 aromatic rings. The van der Waals surface area contributed by atoms with Gasteiger partial charge in [-0.05, 0) is 37.8 Å². The Kier molecular flexibility index (Phi) is 5.57. The van der Waals surface area contributed by atoms with Crippen molar-refractivity contribution in [2.24, 2.45) is 0 Å². The molecule has 0 amide bonds. The highest BCUT2D eigenvalue weighted by molar-refractivity contribution is 6.37. The van der Waals surface area contributed by atoms with Crippen molar-refractivity contribution in [2.75, 3.05) is 0 Å². The molecule has 1 aromatic heterocycles. The highest BCUT2D eigenvalue weighted by Gasteiger charge is 2.19. The van der Waals surface area contributed by atoms with E-state index in [1.54, 1.807) is 17.2 Å². The molecule has 1 saturated carbocycles. The molecule has 1 heterocycles. The van der Waals surface area contributed by atoms with Crippen LogP contribution in [0.4, 0.5) is 0 Å². The van der Waals surface area contributed by atoms with Gasteiger partial charge in [0.05, 0.1) is 27.9 Å². The maximum absolute atomic E-state index is 6.36. The molecule has 0 N–H and O–H groups in total. The number of hydrogen-bond acceptors (Lipinski definition) is 3. The zero-order chi connectivity index (χ0) is 16.1. The molecular weight excluding hydrogens is 333 g/mol. The van der Waals surface area contributed by atoms with Crippen molar-refractivity contribution < 1.29 is 4.74 Å². The number of ether oxygens (including phenoxy) is 1.